The van der Waals surface area contributed by atoms with Crippen molar-refractivity contribution in [3.63, 3.8) is 0 Å². The average Bonchev–Trinajstić information content (AvgIpc) is 3.24. The van der Waals surface area contributed by atoms with Gasteiger partial charge in [0.05, 0.1) is 36.4 Å². The molecule has 4 aliphatic rings. The number of esters is 3. The van der Waals surface area contributed by atoms with Crippen molar-refractivity contribution in [2.45, 2.75) is 125 Å². The summed E-state index contributed by atoms with van der Waals surface area (Å²) in [6, 6.07) is 16.7. The van der Waals surface area contributed by atoms with Crippen LogP contribution < -0.4 is 18.9 Å². The summed E-state index contributed by atoms with van der Waals surface area (Å²) in [5.41, 5.74) is -0.295. The van der Waals surface area contributed by atoms with E-state index >= 15 is 9.59 Å². The number of hydrogen-bond donors (Lipinski definition) is 0. The van der Waals surface area contributed by atoms with Crippen LogP contribution >= 0.6 is 0 Å². The van der Waals surface area contributed by atoms with Crippen LogP contribution in [0.25, 0.3) is 0 Å². The Morgan fingerprint density at radius 1 is 0.677 bits per heavy atom. The molecular formula is C54H64O11. The number of ether oxygens (including phenoxy) is 7. The maximum Gasteiger partial charge on any atom is 0.348 e. The first-order valence-electron chi connectivity index (χ1n) is 22.6. The van der Waals surface area contributed by atoms with E-state index in [1.54, 1.807) is 36.4 Å². The standard InChI is InChI=1S/C54H64O11/c1-32(2)13-20-37-30-53-31-38(21-14-33(3)4)52(9,10)63-46(53)44(49(58)64-54(53)43(51(37,7)8)27-28-50(5,6)65-54)45(55)36-19-26-41(61-47(56)34-15-22-39(59-11)23-16-34)42(29-36)62-48(57)35-17-24-40(60-12)25-18-35/h13-19,22-26,29,37-38,43H,20-21,27-28,30-31H2,1-12H3/t37-,38+,43-,53+,54-/m1/s1. The molecule has 346 valence electrons. The molecular weight excluding hydrogens is 825 g/mol. The molecule has 3 aliphatic heterocycles. The van der Waals surface area contributed by atoms with Crippen LogP contribution in [0, 0.1) is 28.6 Å². The van der Waals surface area contributed by atoms with Gasteiger partial charge in [-0.1, -0.05) is 37.1 Å². The van der Waals surface area contributed by atoms with Crippen LogP contribution in [-0.4, -0.2) is 54.9 Å². The minimum Gasteiger partial charge on any atom is -0.497 e. The number of Topliss-reactive ketones (excluding diaryl/α,β-unsaturated/α-hetero) is 1. The van der Waals surface area contributed by atoms with Gasteiger partial charge < -0.3 is 33.2 Å². The molecule has 0 radical (unpaired) electrons. The largest absolute Gasteiger partial charge is 0.497 e. The summed E-state index contributed by atoms with van der Waals surface area (Å²) in [5.74, 6) is -3.62. The molecule has 3 aromatic rings. The Kier molecular flexibility index (Phi) is 12.8. The zero-order valence-electron chi connectivity index (χ0n) is 40.0. The van der Waals surface area contributed by atoms with Crippen LogP contribution in [0.15, 0.2) is 101 Å². The molecule has 11 nitrogen and oxygen atoms in total. The van der Waals surface area contributed by atoms with Crippen molar-refractivity contribution >= 4 is 23.7 Å². The second-order valence-corrected chi connectivity index (χ2v) is 20.4. The molecule has 11 heteroatoms. The lowest BCUT2D eigenvalue weighted by Gasteiger charge is -2.70. The van der Waals surface area contributed by atoms with Gasteiger partial charge in [0, 0.05) is 17.4 Å². The number of ketones is 1. The second-order valence-electron chi connectivity index (χ2n) is 20.4. The van der Waals surface area contributed by atoms with E-state index in [1.807, 2.05) is 27.7 Å². The Labute approximate surface area is 383 Å². The summed E-state index contributed by atoms with van der Waals surface area (Å²) in [7, 11) is 3.03. The Balaban J connectivity index is 1.40. The molecule has 1 aliphatic carbocycles. The predicted molar refractivity (Wildman–Crippen MR) is 246 cm³/mol. The molecule has 2 spiro atoms. The highest BCUT2D eigenvalue weighted by Crippen LogP contribution is 2.72. The minimum absolute atomic E-state index is 0.0101. The number of methoxy groups -OCH3 is 2. The van der Waals surface area contributed by atoms with Crippen molar-refractivity contribution in [1.82, 2.24) is 0 Å². The smallest absolute Gasteiger partial charge is 0.348 e. The molecule has 3 aromatic carbocycles. The zero-order chi connectivity index (χ0) is 47.3. The molecule has 0 aromatic heterocycles. The first kappa shape index (κ1) is 47.3. The van der Waals surface area contributed by atoms with E-state index in [0.717, 1.165) is 19.3 Å². The van der Waals surface area contributed by atoms with E-state index in [-0.39, 0.29) is 62.7 Å². The van der Waals surface area contributed by atoms with Crippen LogP contribution in [0.3, 0.4) is 0 Å². The van der Waals surface area contributed by atoms with Gasteiger partial charge >= 0.3 is 17.9 Å². The molecule has 2 saturated heterocycles. The lowest BCUT2D eigenvalue weighted by atomic mass is 9.44. The van der Waals surface area contributed by atoms with Crippen LogP contribution in [0.5, 0.6) is 23.0 Å². The van der Waals surface area contributed by atoms with Gasteiger partial charge in [0.15, 0.2) is 11.5 Å². The van der Waals surface area contributed by atoms with Crippen LogP contribution in [0.1, 0.15) is 139 Å². The molecule has 3 fully saturated rings. The summed E-state index contributed by atoms with van der Waals surface area (Å²) < 4.78 is 43.6. The topological polar surface area (TPSA) is 133 Å². The van der Waals surface area contributed by atoms with E-state index in [0.29, 0.717) is 30.8 Å². The molecule has 0 amide bonds. The summed E-state index contributed by atoms with van der Waals surface area (Å²) in [6.45, 7) is 21.0. The van der Waals surface area contributed by atoms with Crippen molar-refractivity contribution in [1.29, 1.82) is 0 Å². The summed E-state index contributed by atoms with van der Waals surface area (Å²) in [4.78, 5) is 57.6. The highest BCUT2D eigenvalue weighted by molar-refractivity contribution is 6.25. The lowest BCUT2D eigenvalue weighted by Crippen LogP contribution is -2.74. The predicted octanol–water partition coefficient (Wildman–Crippen LogP) is 11.6. The number of hydrogen-bond acceptors (Lipinski definition) is 11. The third kappa shape index (κ3) is 8.88. The second kappa shape index (κ2) is 17.6. The maximum atomic E-state index is 15.4. The van der Waals surface area contributed by atoms with Gasteiger partial charge in [-0.15, -0.1) is 0 Å². The number of carbonyl (C=O) groups excluding carboxylic acids is 4. The molecule has 7 rings (SSSR count). The Morgan fingerprint density at radius 2 is 1.18 bits per heavy atom. The van der Waals surface area contributed by atoms with E-state index in [9.17, 15) is 9.59 Å². The fourth-order valence-electron chi connectivity index (χ4n) is 10.5. The van der Waals surface area contributed by atoms with Crippen molar-refractivity contribution in [3.8, 4) is 23.0 Å². The maximum absolute atomic E-state index is 15.4. The molecule has 1 saturated carbocycles. The zero-order valence-corrected chi connectivity index (χ0v) is 40.0. The van der Waals surface area contributed by atoms with Gasteiger partial charge in [0.1, 0.15) is 28.4 Å². The van der Waals surface area contributed by atoms with E-state index in [4.69, 9.17) is 33.2 Å². The Bertz CT molecular complexity index is 2440. The van der Waals surface area contributed by atoms with Gasteiger partial charge in [-0.05, 0) is 172 Å². The number of rotatable bonds is 12. The van der Waals surface area contributed by atoms with Crippen molar-refractivity contribution in [2.24, 2.45) is 28.6 Å². The van der Waals surface area contributed by atoms with Crippen LogP contribution in [0.4, 0.5) is 0 Å². The van der Waals surface area contributed by atoms with E-state index in [2.05, 4.69) is 53.7 Å². The SMILES string of the molecule is COc1ccc(C(=O)Oc2ccc(C(=O)C3=C4OC(C)(C)[C@@H](CC=C(C)C)C[C@@]45C[C@@H](CC=C(C)C)C(C)(C)[C@H]4CCC(C)(C)O[C@]45OC3=O)cc2OC(=O)c2ccc(OC)cc2)cc1. The first-order chi connectivity index (χ1) is 30.6. The summed E-state index contributed by atoms with van der Waals surface area (Å²) in [6.07, 6.45) is 8.61. The third-order valence-corrected chi connectivity index (χ3v) is 14.3. The van der Waals surface area contributed by atoms with Crippen molar-refractivity contribution in [3.05, 3.63) is 118 Å². The first-order valence-corrected chi connectivity index (χ1v) is 22.6. The lowest BCUT2D eigenvalue weighted by molar-refractivity contribution is -0.407. The molecule has 0 bridgehead atoms. The molecule has 0 unspecified atom stereocenters. The average molecular weight is 889 g/mol. The van der Waals surface area contributed by atoms with Crippen molar-refractivity contribution < 1.29 is 52.3 Å². The Hall–Kier alpha value is -5.68. The molecule has 5 atom stereocenters. The van der Waals surface area contributed by atoms with Gasteiger partial charge in [-0.2, -0.15) is 0 Å². The fourth-order valence-corrected chi connectivity index (χ4v) is 10.5. The minimum atomic E-state index is -1.44. The summed E-state index contributed by atoms with van der Waals surface area (Å²) >= 11 is 0. The normalized spacial score (nSPS) is 25.8. The molecule has 3 heterocycles. The fraction of sp³-hybridized carbons (Fsp3) is 0.481. The highest BCUT2D eigenvalue weighted by atomic mass is 16.7. The van der Waals surface area contributed by atoms with E-state index in [1.165, 1.54) is 55.7 Å². The Morgan fingerprint density at radius 3 is 1.72 bits per heavy atom. The monoisotopic (exact) mass is 888 g/mol. The van der Waals surface area contributed by atoms with E-state index < -0.39 is 46.1 Å². The quantitative estimate of drug-likeness (QED) is 0.0566. The number of carbonyl (C=O) groups is 4. The molecule has 65 heavy (non-hydrogen) atoms. The van der Waals surface area contributed by atoms with Crippen molar-refractivity contribution in [2.75, 3.05) is 14.2 Å². The number of allylic oxidation sites excluding steroid dienone is 4. The summed E-state index contributed by atoms with van der Waals surface area (Å²) in [5, 5.41) is 0. The van der Waals surface area contributed by atoms with Crippen LogP contribution in [0.2, 0.25) is 0 Å². The van der Waals surface area contributed by atoms with Gasteiger partial charge in [-0.3, -0.25) is 4.79 Å². The third-order valence-electron chi connectivity index (χ3n) is 14.3. The van der Waals surface area contributed by atoms with Gasteiger partial charge in [0.25, 0.3) is 0 Å². The number of benzene rings is 3. The van der Waals surface area contributed by atoms with Gasteiger partial charge in [0.2, 0.25) is 11.6 Å². The van der Waals surface area contributed by atoms with Gasteiger partial charge in [-0.25, -0.2) is 14.4 Å². The van der Waals surface area contributed by atoms with Crippen LogP contribution in [-0.2, 0) is 19.0 Å². The molecule has 0 N–H and O–H groups in total. The highest BCUT2D eigenvalue weighted by Gasteiger charge is 2.77.